The topological polar surface area (TPSA) is 58.2 Å². The van der Waals surface area contributed by atoms with Crippen molar-refractivity contribution in [2.24, 2.45) is 11.8 Å². The van der Waals surface area contributed by atoms with E-state index >= 15 is 0 Å². The molecular weight excluding hydrogens is 477 g/mol. The molecule has 2 amide bonds. The summed E-state index contributed by atoms with van der Waals surface area (Å²) in [5.41, 5.74) is 0. The van der Waals surface area contributed by atoms with Crippen LogP contribution >= 0.6 is 47.4 Å². The summed E-state index contributed by atoms with van der Waals surface area (Å²) in [6.07, 6.45) is 19.9. The van der Waals surface area contributed by atoms with Gasteiger partial charge in [0.2, 0.25) is 0 Å². The highest BCUT2D eigenvalue weighted by Crippen LogP contribution is 2.65. The number of hydrogen-bond acceptors (Lipinski definition) is 6. The maximum Gasteiger partial charge on any atom is 0.289 e. The van der Waals surface area contributed by atoms with Gasteiger partial charge in [0.25, 0.3) is 10.5 Å². The number of hydrogen-bond donors (Lipinski definition) is 2. The fourth-order valence-electron chi connectivity index (χ4n) is 7.35. The molecule has 6 fully saturated rings. The summed E-state index contributed by atoms with van der Waals surface area (Å²) in [5, 5.41) is 1.35. The SMILES string of the molecule is O=C(NSC12CC3CC(C1)CC(SNC(=O)SC1CCCCC1)(C3)C2)SC1CCCCC1. The summed E-state index contributed by atoms with van der Waals surface area (Å²) < 4.78 is 6.86. The lowest BCUT2D eigenvalue weighted by molar-refractivity contribution is 0.0570. The maximum atomic E-state index is 12.7. The second kappa shape index (κ2) is 10.5. The fourth-order valence-corrected chi connectivity index (χ4v) is 12.4. The Bertz CT molecular complexity index is 625. The van der Waals surface area contributed by atoms with Crippen molar-refractivity contribution >= 4 is 57.9 Å². The Hall–Kier alpha value is 0.340. The maximum absolute atomic E-state index is 12.7. The second-order valence-corrected chi connectivity index (χ2v) is 16.2. The summed E-state index contributed by atoms with van der Waals surface area (Å²) in [5.74, 6) is 1.50. The Morgan fingerprint density at radius 1 is 0.625 bits per heavy atom. The molecule has 6 aliphatic carbocycles. The first-order chi connectivity index (χ1) is 15.5. The Morgan fingerprint density at radius 2 is 1.03 bits per heavy atom. The molecular formula is C24H38N2O2S4. The molecule has 0 aromatic rings. The highest BCUT2D eigenvalue weighted by molar-refractivity contribution is 8.16. The summed E-state index contributed by atoms with van der Waals surface area (Å²) >= 11 is 6.57. The van der Waals surface area contributed by atoms with Crippen molar-refractivity contribution < 1.29 is 9.59 Å². The Labute approximate surface area is 210 Å². The van der Waals surface area contributed by atoms with Gasteiger partial charge in [0.15, 0.2) is 0 Å². The van der Waals surface area contributed by atoms with Crippen LogP contribution in [0.4, 0.5) is 9.59 Å². The minimum absolute atomic E-state index is 0.163. The molecule has 0 saturated heterocycles. The average molecular weight is 515 g/mol. The minimum Gasteiger partial charge on any atom is -0.290 e. The molecule has 2 N–H and O–H groups in total. The van der Waals surface area contributed by atoms with E-state index in [0.29, 0.717) is 10.5 Å². The van der Waals surface area contributed by atoms with Gasteiger partial charge < -0.3 is 0 Å². The lowest BCUT2D eigenvalue weighted by Crippen LogP contribution is -2.57. The highest BCUT2D eigenvalue weighted by Gasteiger charge is 2.59. The molecule has 4 bridgehead atoms. The van der Waals surface area contributed by atoms with Crippen LogP contribution in [-0.4, -0.2) is 30.5 Å². The third kappa shape index (κ3) is 5.93. The molecule has 32 heavy (non-hydrogen) atoms. The van der Waals surface area contributed by atoms with Gasteiger partial charge in [-0.25, -0.2) is 0 Å². The zero-order valence-corrected chi connectivity index (χ0v) is 22.3. The van der Waals surface area contributed by atoms with Crippen LogP contribution in [0.5, 0.6) is 0 Å². The van der Waals surface area contributed by atoms with Gasteiger partial charge in [0.05, 0.1) is 0 Å². The van der Waals surface area contributed by atoms with Gasteiger partial charge >= 0.3 is 0 Å². The monoisotopic (exact) mass is 514 g/mol. The number of carbonyl (C=O) groups is 2. The summed E-state index contributed by atoms with van der Waals surface area (Å²) in [4.78, 5) is 25.3. The van der Waals surface area contributed by atoms with E-state index in [2.05, 4.69) is 9.44 Å². The summed E-state index contributed by atoms with van der Waals surface area (Å²) in [6, 6.07) is 0. The lowest BCUT2D eigenvalue weighted by atomic mass is 9.55. The standard InChI is InChI=1S/C24H38N2O2S4/c27-21(29-19-7-3-1-4-8-19)25-31-23-12-17-11-18(13-23)15-24(14-17,16-23)32-26-22(28)30-20-9-5-2-6-10-20/h17-20H,1-16H2,(H,25,27)(H,26,28). The van der Waals surface area contributed by atoms with E-state index in [0.717, 1.165) is 18.3 Å². The third-order valence-electron chi connectivity index (χ3n) is 8.31. The average Bonchev–Trinajstić information content (AvgIpc) is 2.77. The van der Waals surface area contributed by atoms with Crippen molar-refractivity contribution in [1.82, 2.24) is 9.44 Å². The van der Waals surface area contributed by atoms with Crippen LogP contribution in [0.15, 0.2) is 0 Å². The van der Waals surface area contributed by atoms with E-state index in [1.807, 2.05) is 0 Å². The molecule has 180 valence electrons. The number of amides is 2. The van der Waals surface area contributed by atoms with Crippen molar-refractivity contribution in [1.29, 1.82) is 0 Å². The summed E-state index contributed by atoms with van der Waals surface area (Å²) in [7, 11) is 0. The van der Waals surface area contributed by atoms with Crippen molar-refractivity contribution in [3.63, 3.8) is 0 Å². The van der Waals surface area contributed by atoms with Gasteiger partial charge in [0.1, 0.15) is 0 Å². The molecule has 8 heteroatoms. The second-order valence-electron chi connectivity index (χ2n) is 11.1. The zero-order chi connectivity index (χ0) is 22.0. The van der Waals surface area contributed by atoms with E-state index in [-0.39, 0.29) is 20.0 Å². The molecule has 6 aliphatic rings. The number of rotatable bonds is 6. The first-order valence-electron chi connectivity index (χ1n) is 12.8. The molecule has 0 aromatic heterocycles. The van der Waals surface area contributed by atoms with E-state index in [4.69, 9.17) is 0 Å². The van der Waals surface area contributed by atoms with E-state index in [9.17, 15) is 9.59 Å². The molecule has 0 aromatic carbocycles. The van der Waals surface area contributed by atoms with E-state index < -0.39 is 0 Å². The van der Waals surface area contributed by atoms with Crippen LogP contribution in [0.2, 0.25) is 0 Å². The molecule has 4 nitrogen and oxygen atoms in total. The van der Waals surface area contributed by atoms with Crippen molar-refractivity contribution in [3.8, 4) is 0 Å². The lowest BCUT2D eigenvalue weighted by Gasteiger charge is -2.60. The van der Waals surface area contributed by atoms with Gasteiger partial charge in [-0.15, -0.1) is 0 Å². The largest absolute Gasteiger partial charge is 0.290 e. The molecule has 0 unspecified atom stereocenters. The molecule has 0 atom stereocenters. The van der Waals surface area contributed by atoms with Crippen LogP contribution in [0, 0.1) is 11.8 Å². The van der Waals surface area contributed by atoms with Crippen molar-refractivity contribution in [2.75, 3.05) is 0 Å². The van der Waals surface area contributed by atoms with Gasteiger partial charge in [-0.3, -0.25) is 19.0 Å². The molecule has 0 radical (unpaired) electrons. The fraction of sp³-hybridized carbons (Fsp3) is 0.917. The van der Waals surface area contributed by atoms with Crippen molar-refractivity contribution in [2.45, 2.75) is 123 Å². The predicted molar refractivity (Wildman–Crippen MR) is 141 cm³/mol. The van der Waals surface area contributed by atoms with Crippen LogP contribution < -0.4 is 9.44 Å². The number of carbonyl (C=O) groups excluding carboxylic acids is 2. The normalized spacial score (nSPS) is 37.4. The van der Waals surface area contributed by atoms with Gasteiger partial charge in [-0.2, -0.15) is 0 Å². The minimum atomic E-state index is 0.163. The van der Waals surface area contributed by atoms with Crippen LogP contribution in [0.3, 0.4) is 0 Å². The molecule has 6 rings (SSSR count). The molecule has 0 spiro atoms. The Kier molecular flexibility index (Phi) is 7.92. The first kappa shape index (κ1) is 24.1. The van der Waals surface area contributed by atoms with E-state index in [1.54, 1.807) is 47.4 Å². The summed E-state index contributed by atoms with van der Waals surface area (Å²) in [6.45, 7) is 0. The number of thioether (sulfide) groups is 2. The van der Waals surface area contributed by atoms with Crippen LogP contribution in [0.1, 0.15) is 103 Å². The Morgan fingerprint density at radius 3 is 1.44 bits per heavy atom. The van der Waals surface area contributed by atoms with Crippen molar-refractivity contribution in [3.05, 3.63) is 0 Å². The first-order valence-corrected chi connectivity index (χ1v) is 16.2. The van der Waals surface area contributed by atoms with Crippen LogP contribution in [0.25, 0.3) is 0 Å². The van der Waals surface area contributed by atoms with Gasteiger partial charge in [-0.1, -0.05) is 62.0 Å². The van der Waals surface area contributed by atoms with Gasteiger partial charge in [-0.05, 0) is 99.9 Å². The molecule has 6 saturated carbocycles. The highest BCUT2D eigenvalue weighted by atomic mass is 32.2. The smallest absolute Gasteiger partial charge is 0.289 e. The van der Waals surface area contributed by atoms with Crippen LogP contribution in [-0.2, 0) is 0 Å². The number of nitrogens with one attached hydrogen (secondary N) is 2. The molecule has 0 aliphatic heterocycles. The third-order valence-corrected chi connectivity index (χ3v) is 13.2. The molecule has 0 heterocycles. The zero-order valence-electron chi connectivity index (χ0n) is 19.1. The van der Waals surface area contributed by atoms with Gasteiger partial charge in [0, 0.05) is 20.0 Å². The van der Waals surface area contributed by atoms with E-state index in [1.165, 1.54) is 96.3 Å². The quantitative estimate of drug-likeness (QED) is 0.351. The Balaban J connectivity index is 1.13. The predicted octanol–water partition coefficient (Wildman–Crippen LogP) is 7.93.